The summed E-state index contributed by atoms with van der Waals surface area (Å²) in [6.07, 6.45) is 12.3. The molecule has 0 heterocycles. The predicted octanol–water partition coefficient (Wildman–Crippen LogP) is 6.87. The highest BCUT2D eigenvalue weighted by Gasteiger charge is 2.36. The number of halogens is 2. The van der Waals surface area contributed by atoms with Crippen molar-refractivity contribution in [3.8, 4) is 0 Å². The quantitative estimate of drug-likeness (QED) is 0.222. The van der Waals surface area contributed by atoms with Crippen LogP contribution in [0.1, 0.15) is 91.4 Å². The van der Waals surface area contributed by atoms with Gasteiger partial charge in [0.25, 0.3) is 0 Å². The molecular formula is C18H36Cl2O2. The van der Waals surface area contributed by atoms with Crippen LogP contribution in [0.15, 0.2) is 0 Å². The lowest BCUT2D eigenvalue weighted by atomic mass is 10.1. The van der Waals surface area contributed by atoms with E-state index >= 15 is 0 Å². The molecule has 0 aromatic carbocycles. The van der Waals surface area contributed by atoms with Gasteiger partial charge in [-0.2, -0.15) is 0 Å². The van der Waals surface area contributed by atoms with Gasteiger partial charge in [-0.3, -0.25) is 0 Å². The number of hydrogen-bond donors (Lipinski definition) is 0. The fraction of sp³-hybridized carbons (Fsp3) is 1.00. The molecule has 1 unspecified atom stereocenters. The zero-order chi connectivity index (χ0) is 16.7. The van der Waals surface area contributed by atoms with E-state index in [0.29, 0.717) is 13.2 Å². The molecule has 0 rings (SSSR count). The van der Waals surface area contributed by atoms with Crippen LogP contribution >= 0.6 is 23.2 Å². The molecule has 0 amide bonds. The number of alkyl halides is 2. The molecule has 2 nitrogen and oxygen atoms in total. The first-order valence-electron chi connectivity index (χ1n) is 9.21. The van der Waals surface area contributed by atoms with Gasteiger partial charge in [-0.25, -0.2) is 0 Å². The summed E-state index contributed by atoms with van der Waals surface area (Å²) in [6.45, 7) is 7.81. The summed E-state index contributed by atoms with van der Waals surface area (Å²) >= 11 is 12.8. The van der Waals surface area contributed by atoms with Crippen molar-refractivity contribution < 1.29 is 9.47 Å². The molecule has 0 saturated heterocycles. The second-order valence-corrected chi connectivity index (χ2v) is 7.35. The Morgan fingerprint density at radius 3 is 1.91 bits per heavy atom. The summed E-state index contributed by atoms with van der Waals surface area (Å²) < 4.78 is 10.4. The third-order valence-corrected chi connectivity index (χ3v) is 4.51. The van der Waals surface area contributed by atoms with Gasteiger partial charge in [-0.15, -0.1) is 0 Å². The Kier molecular flexibility index (Phi) is 15.4. The molecule has 0 bridgehead atoms. The standard InChI is InChI=1S/C18H36Cl2O2/c1-4-7-10-11-12-13-14-17(21-15-8-5-2)18(19,20)22-16-9-6-3/h17H,4-16H2,1-3H3. The molecule has 0 fully saturated rings. The second kappa shape index (κ2) is 15.1. The maximum absolute atomic E-state index is 6.40. The predicted molar refractivity (Wildman–Crippen MR) is 97.9 cm³/mol. The Hall–Kier alpha value is 0.500. The Balaban J connectivity index is 4.16. The van der Waals surface area contributed by atoms with Gasteiger partial charge >= 0.3 is 0 Å². The molecule has 0 aromatic heterocycles. The van der Waals surface area contributed by atoms with E-state index < -0.39 is 4.52 Å². The summed E-state index contributed by atoms with van der Waals surface area (Å²) in [5.74, 6) is 0. The normalized spacial score (nSPS) is 13.5. The Bertz CT molecular complexity index is 235. The van der Waals surface area contributed by atoms with E-state index in [0.717, 1.165) is 38.5 Å². The van der Waals surface area contributed by atoms with Crippen LogP contribution in [0.25, 0.3) is 0 Å². The van der Waals surface area contributed by atoms with E-state index in [-0.39, 0.29) is 6.10 Å². The van der Waals surface area contributed by atoms with E-state index in [2.05, 4.69) is 20.8 Å². The van der Waals surface area contributed by atoms with Crippen LogP contribution in [0.2, 0.25) is 0 Å². The molecule has 0 aliphatic heterocycles. The van der Waals surface area contributed by atoms with Crippen LogP contribution in [0.5, 0.6) is 0 Å². The average Bonchev–Trinajstić information content (AvgIpc) is 2.49. The Morgan fingerprint density at radius 1 is 0.727 bits per heavy atom. The first kappa shape index (κ1) is 22.5. The van der Waals surface area contributed by atoms with Crippen LogP contribution in [0, 0.1) is 0 Å². The molecule has 0 aromatic rings. The van der Waals surface area contributed by atoms with Crippen LogP contribution < -0.4 is 0 Å². The molecule has 0 saturated carbocycles. The molecule has 0 radical (unpaired) electrons. The maximum atomic E-state index is 6.40. The molecule has 0 spiro atoms. The SMILES string of the molecule is CCCCCCCCC(OCCCC)C(Cl)(Cl)OCCCC. The third kappa shape index (κ3) is 12.0. The van der Waals surface area contributed by atoms with E-state index in [9.17, 15) is 0 Å². The summed E-state index contributed by atoms with van der Waals surface area (Å²) in [5.41, 5.74) is 0. The van der Waals surface area contributed by atoms with Gasteiger partial charge in [0.15, 0.2) is 0 Å². The topological polar surface area (TPSA) is 18.5 Å². The second-order valence-electron chi connectivity index (χ2n) is 6.03. The monoisotopic (exact) mass is 354 g/mol. The first-order chi connectivity index (χ1) is 10.6. The lowest BCUT2D eigenvalue weighted by Crippen LogP contribution is -2.37. The van der Waals surface area contributed by atoms with Crippen LogP contribution in [0.3, 0.4) is 0 Å². The smallest absolute Gasteiger partial charge is 0.244 e. The van der Waals surface area contributed by atoms with Gasteiger partial charge in [0.2, 0.25) is 4.52 Å². The summed E-state index contributed by atoms with van der Waals surface area (Å²) in [6, 6.07) is 0. The van der Waals surface area contributed by atoms with Crippen molar-refractivity contribution in [3.05, 3.63) is 0 Å². The van der Waals surface area contributed by atoms with Crippen molar-refractivity contribution >= 4 is 23.2 Å². The minimum Gasteiger partial charge on any atom is -0.372 e. The van der Waals surface area contributed by atoms with Crippen LogP contribution in [0.4, 0.5) is 0 Å². The van der Waals surface area contributed by atoms with E-state index in [1.807, 2.05) is 0 Å². The minimum absolute atomic E-state index is 0.231. The number of hydrogen-bond acceptors (Lipinski definition) is 2. The van der Waals surface area contributed by atoms with Crippen LogP contribution in [-0.2, 0) is 9.47 Å². The van der Waals surface area contributed by atoms with Crippen molar-refractivity contribution in [1.29, 1.82) is 0 Å². The molecule has 0 aliphatic carbocycles. The third-order valence-electron chi connectivity index (χ3n) is 3.80. The van der Waals surface area contributed by atoms with Crippen molar-refractivity contribution in [3.63, 3.8) is 0 Å². The molecule has 22 heavy (non-hydrogen) atoms. The largest absolute Gasteiger partial charge is 0.372 e. The molecular weight excluding hydrogens is 319 g/mol. The first-order valence-corrected chi connectivity index (χ1v) is 9.97. The lowest BCUT2D eigenvalue weighted by Gasteiger charge is -2.30. The molecule has 0 N–H and O–H groups in total. The summed E-state index contributed by atoms with van der Waals surface area (Å²) in [4.78, 5) is 0. The zero-order valence-electron chi connectivity index (χ0n) is 14.8. The number of rotatable bonds is 16. The van der Waals surface area contributed by atoms with E-state index in [4.69, 9.17) is 32.7 Å². The fourth-order valence-corrected chi connectivity index (χ4v) is 2.77. The number of unbranched alkanes of at least 4 members (excludes halogenated alkanes) is 7. The van der Waals surface area contributed by atoms with E-state index in [1.165, 1.54) is 32.1 Å². The Morgan fingerprint density at radius 2 is 1.27 bits per heavy atom. The highest BCUT2D eigenvalue weighted by molar-refractivity contribution is 6.47. The van der Waals surface area contributed by atoms with Gasteiger partial charge in [-0.1, -0.05) is 95.3 Å². The number of ether oxygens (including phenoxy) is 2. The molecule has 1 atom stereocenters. The molecule has 134 valence electrons. The van der Waals surface area contributed by atoms with Gasteiger partial charge in [-0.05, 0) is 19.3 Å². The highest BCUT2D eigenvalue weighted by Crippen LogP contribution is 2.33. The average molecular weight is 355 g/mol. The van der Waals surface area contributed by atoms with E-state index in [1.54, 1.807) is 0 Å². The minimum atomic E-state index is -1.22. The molecule has 0 aliphatic rings. The van der Waals surface area contributed by atoms with Crippen molar-refractivity contribution in [2.24, 2.45) is 0 Å². The summed E-state index contributed by atoms with van der Waals surface area (Å²) in [5, 5.41) is 0. The van der Waals surface area contributed by atoms with Crippen molar-refractivity contribution in [2.45, 2.75) is 102 Å². The Labute approximate surface area is 148 Å². The van der Waals surface area contributed by atoms with Gasteiger partial charge in [0.1, 0.15) is 6.10 Å². The summed E-state index contributed by atoms with van der Waals surface area (Å²) in [7, 11) is 0. The molecule has 4 heteroatoms. The van der Waals surface area contributed by atoms with Crippen LogP contribution in [-0.4, -0.2) is 23.8 Å². The van der Waals surface area contributed by atoms with Gasteiger partial charge in [0, 0.05) is 6.61 Å². The maximum Gasteiger partial charge on any atom is 0.244 e. The fourth-order valence-electron chi connectivity index (χ4n) is 2.27. The highest BCUT2D eigenvalue weighted by atomic mass is 35.5. The lowest BCUT2D eigenvalue weighted by molar-refractivity contribution is -0.0633. The van der Waals surface area contributed by atoms with Gasteiger partial charge < -0.3 is 9.47 Å². The van der Waals surface area contributed by atoms with Crippen molar-refractivity contribution in [2.75, 3.05) is 13.2 Å². The van der Waals surface area contributed by atoms with Gasteiger partial charge in [0.05, 0.1) is 6.61 Å². The zero-order valence-corrected chi connectivity index (χ0v) is 16.4. The van der Waals surface area contributed by atoms with Crippen molar-refractivity contribution in [1.82, 2.24) is 0 Å².